The van der Waals surface area contributed by atoms with Crippen LogP contribution in [0.2, 0.25) is 0 Å². The second kappa shape index (κ2) is 6.09. The highest BCUT2D eigenvalue weighted by Crippen LogP contribution is 2.22. The predicted molar refractivity (Wildman–Crippen MR) is 79.3 cm³/mol. The van der Waals surface area contributed by atoms with Crippen LogP contribution in [0.15, 0.2) is 59.0 Å². The van der Waals surface area contributed by atoms with Gasteiger partial charge in [-0.15, -0.1) is 10.2 Å². The monoisotopic (exact) mass is 281 g/mol. The van der Waals surface area contributed by atoms with Gasteiger partial charge in [-0.25, -0.2) is 0 Å². The molecule has 0 bridgehead atoms. The van der Waals surface area contributed by atoms with Gasteiger partial charge in [0.25, 0.3) is 0 Å². The topological polar surface area (TPSA) is 60.2 Å². The van der Waals surface area contributed by atoms with Crippen LogP contribution in [0.3, 0.4) is 0 Å². The Morgan fingerprint density at radius 1 is 0.952 bits per heavy atom. The van der Waals surface area contributed by atoms with Crippen LogP contribution in [0.1, 0.15) is 11.8 Å². The lowest BCUT2D eigenvalue weighted by Gasteiger charge is -2.07. The molecule has 21 heavy (non-hydrogen) atoms. The minimum atomic E-state index is 0.500. The minimum absolute atomic E-state index is 0.500. The van der Waals surface area contributed by atoms with E-state index in [1.807, 2.05) is 54.6 Å². The van der Waals surface area contributed by atoms with E-state index in [1.165, 1.54) is 0 Å². The summed E-state index contributed by atoms with van der Waals surface area (Å²) in [5, 5.41) is 10.9. The van der Waals surface area contributed by atoms with E-state index in [1.54, 1.807) is 6.92 Å². The van der Waals surface area contributed by atoms with Gasteiger partial charge in [0.05, 0.1) is 6.54 Å². The van der Waals surface area contributed by atoms with E-state index in [4.69, 9.17) is 9.15 Å². The lowest BCUT2D eigenvalue weighted by atomic mass is 10.3. The standard InChI is InChI=1S/C16H15N3O2/c1-12-18-19-16(20-12)11-17-13-7-9-15(10-8-13)21-14-5-3-2-4-6-14/h2-10,17H,11H2,1H3. The third-order valence-electron chi connectivity index (χ3n) is 2.84. The van der Waals surface area contributed by atoms with Crippen molar-refractivity contribution in [2.45, 2.75) is 13.5 Å². The first-order valence-corrected chi connectivity index (χ1v) is 6.65. The highest BCUT2D eigenvalue weighted by molar-refractivity contribution is 5.47. The van der Waals surface area contributed by atoms with Crippen LogP contribution in [-0.4, -0.2) is 10.2 Å². The number of aromatic nitrogens is 2. The van der Waals surface area contributed by atoms with Gasteiger partial charge in [-0.2, -0.15) is 0 Å². The fourth-order valence-electron chi connectivity index (χ4n) is 1.85. The number of rotatable bonds is 5. The number of para-hydroxylation sites is 1. The average Bonchev–Trinajstić information content (AvgIpc) is 2.93. The molecule has 0 atom stereocenters. The van der Waals surface area contributed by atoms with Crippen LogP contribution >= 0.6 is 0 Å². The van der Waals surface area contributed by atoms with Crippen molar-refractivity contribution in [1.82, 2.24) is 10.2 Å². The van der Waals surface area contributed by atoms with Crippen molar-refractivity contribution in [2.75, 3.05) is 5.32 Å². The number of aryl methyl sites for hydroxylation is 1. The molecule has 0 aliphatic carbocycles. The highest BCUT2D eigenvalue weighted by Gasteiger charge is 2.02. The summed E-state index contributed by atoms with van der Waals surface area (Å²) in [6.45, 7) is 2.27. The van der Waals surface area contributed by atoms with Gasteiger partial charge in [0.1, 0.15) is 11.5 Å². The minimum Gasteiger partial charge on any atom is -0.457 e. The first-order chi connectivity index (χ1) is 10.3. The highest BCUT2D eigenvalue weighted by atomic mass is 16.5. The molecule has 1 N–H and O–H groups in total. The Labute approximate surface area is 122 Å². The summed E-state index contributed by atoms with van der Waals surface area (Å²) in [6.07, 6.45) is 0. The number of ether oxygens (including phenoxy) is 1. The van der Waals surface area contributed by atoms with E-state index in [0.717, 1.165) is 17.2 Å². The lowest BCUT2D eigenvalue weighted by Crippen LogP contribution is -1.99. The van der Waals surface area contributed by atoms with Crippen LogP contribution < -0.4 is 10.1 Å². The molecule has 5 nitrogen and oxygen atoms in total. The number of nitrogens with one attached hydrogen (secondary N) is 1. The predicted octanol–water partition coefficient (Wildman–Crippen LogP) is 3.78. The first kappa shape index (κ1) is 13.2. The molecule has 0 unspecified atom stereocenters. The molecule has 2 aromatic carbocycles. The zero-order valence-corrected chi connectivity index (χ0v) is 11.6. The molecule has 3 rings (SSSR count). The maximum atomic E-state index is 5.73. The van der Waals surface area contributed by atoms with Crippen LogP contribution in [0.5, 0.6) is 11.5 Å². The molecule has 1 aromatic heterocycles. The molecular formula is C16H15N3O2. The molecule has 0 spiro atoms. The third-order valence-corrected chi connectivity index (χ3v) is 2.84. The van der Waals surface area contributed by atoms with Crippen molar-refractivity contribution in [2.24, 2.45) is 0 Å². The summed E-state index contributed by atoms with van der Waals surface area (Å²) in [7, 11) is 0. The number of nitrogens with zero attached hydrogens (tertiary/aromatic N) is 2. The first-order valence-electron chi connectivity index (χ1n) is 6.65. The van der Waals surface area contributed by atoms with E-state index < -0.39 is 0 Å². The van der Waals surface area contributed by atoms with Gasteiger partial charge in [-0.1, -0.05) is 18.2 Å². The van der Waals surface area contributed by atoms with Crippen LogP contribution in [0.25, 0.3) is 0 Å². The Hall–Kier alpha value is -2.82. The molecule has 0 saturated heterocycles. The number of anilines is 1. The van der Waals surface area contributed by atoms with Crippen molar-refractivity contribution in [3.8, 4) is 11.5 Å². The van der Waals surface area contributed by atoms with E-state index in [2.05, 4.69) is 15.5 Å². The van der Waals surface area contributed by atoms with Gasteiger partial charge in [-0.05, 0) is 36.4 Å². The SMILES string of the molecule is Cc1nnc(CNc2ccc(Oc3ccccc3)cc2)o1. The summed E-state index contributed by atoms with van der Waals surface area (Å²) < 4.78 is 11.0. The Kier molecular flexibility index (Phi) is 3.82. The van der Waals surface area contributed by atoms with Crippen molar-refractivity contribution in [3.05, 3.63) is 66.4 Å². The van der Waals surface area contributed by atoms with Crippen molar-refractivity contribution in [1.29, 1.82) is 0 Å². The number of hydrogen-bond donors (Lipinski definition) is 1. The molecular weight excluding hydrogens is 266 g/mol. The second-order valence-electron chi connectivity index (χ2n) is 4.51. The van der Waals surface area contributed by atoms with Crippen molar-refractivity contribution >= 4 is 5.69 Å². The van der Waals surface area contributed by atoms with Crippen molar-refractivity contribution < 1.29 is 9.15 Å². The molecule has 0 fully saturated rings. The summed E-state index contributed by atoms with van der Waals surface area (Å²) in [6, 6.07) is 17.4. The van der Waals surface area contributed by atoms with E-state index in [0.29, 0.717) is 18.3 Å². The maximum absolute atomic E-state index is 5.73. The van der Waals surface area contributed by atoms with E-state index in [9.17, 15) is 0 Å². The van der Waals surface area contributed by atoms with Gasteiger partial charge in [-0.3, -0.25) is 0 Å². The number of benzene rings is 2. The molecule has 3 aromatic rings. The normalized spacial score (nSPS) is 10.3. The molecule has 0 radical (unpaired) electrons. The van der Waals surface area contributed by atoms with Crippen LogP contribution in [0, 0.1) is 6.92 Å². The summed E-state index contributed by atoms with van der Waals surface area (Å²) in [5.41, 5.74) is 0.964. The molecule has 0 aliphatic heterocycles. The zero-order chi connectivity index (χ0) is 14.5. The van der Waals surface area contributed by atoms with E-state index >= 15 is 0 Å². The van der Waals surface area contributed by atoms with Gasteiger partial charge in [0.2, 0.25) is 11.8 Å². The third kappa shape index (κ3) is 3.60. The Balaban J connectivity index is 1.59. The Bertz CT molecular complexity index is 693. The molecule has 1 heterocycles. The molecule has 0 saturated carbocycles. The lowest BCUT2D eigenvalue weighted by molar-refractivity contribution is 0.474. The molecule has 5 heteroatoms. The molecule has 106 valence electrons. The van der Waals surface area contributed by atoms with Crippen molar-refractivity contribution in [3.63, 3.8) is 0 Å². The maximum Gasteiger partial charge on any atom is 0.235 e. The quantitative estimate of drug-likeness (QED) is 0.771. The largest absolute Gasteiger partial charge is 0.457 e. The second-order valence-corrected chi connectivity index (χ2v) is 4.51. The smallest absolute Gasteiger partial charge is 0.235 e. The van der Waals surface area contributed by atoms with E-state index in [-0.39, 0.29) is 0 Å². The van der Waals surface area contributed by atoms with Gasteiger partial charge < -0.3 is 14.5 Å². The Morgan fingerprint density at radius 3 is 2.33 bits per heavy atom. The fraction of sp³-hybridized carbons (Fsp3) is 0.125. The van der Waals surface area contributed by atoms with Crippen LogP contribution in [-0.2, 0) is 6.54 Å². The summed E-state index contributed by atoms with van der Waals surface area (Å²) >= 11 is 0. The molecule has 0 aliphatic rings. The van der Waals surface area contributed by atoms with Crippen LogP contribution in [0.4, 0.5) is 5.69 Å². The number of hydrogen-bond acceptors (Lipinski definition) is 5. The fourth-order valence-corrected chi connectivity index (χ4v) is 1.85. The van der Waals surface area contributed by atoms with Gasteiger partial charge in [0.15, 0.2) is 0 Å². The van der Waals surface area contributed by atoms with Gasteiger partial charge >= 0.3 is 0 Å². The summed E-state index contributed by atoms with van der Waals surface area (Å²) in [5.74, 6) is 2.75. The molecule has 0 amide bonds. The Morgan fingerprint density at radius 2 is 1.67 bits per heavy atom. The summed E-state index contributed by atoms with van der Waals surface area (Å²) in [4.78, 5) is 0. The zero-order valence-electron chi connectivity index (χ0n) is 11.6. The average molecular weight is 281 g/mol. The van der Waals surface area contributed by atoms with Gasteiger partial charge in [0, 0.05) is 12.6 Å².